The SMILES string of the molecule is C.C.CC(=O)O.CCO.O.[Pt].[Pt]. The molecular formula is C6H20O4Pt2. The van der Waals surface area contributed by atoms with Crippen LogP contribution in [0.15, 0.2) is 0 Å². The first kappa shape index (κ1) is 53.2. The minimum Gasteiger partial charge on any atom is -0.481 e. The predicted octanol–water partition coefficient (Wildman–Crippen LogP) is 0.532. The Balaban J connectivity index is -0.00000000597. The molecule has 4 N–H and O–H groups in total. The van der Waals surface area contributed by atoms with Crippen LogP contribution in [-0.4, -0.2) is 28.3 Å². The van der Waals surface area contributed by atoms with Crippen molar-refractivity contribution in [2.45, 2.75) is 28.7 Å². The predicted molar refractivity (Wildman–Crippen MR) is 43.1 cm³/mol. The molecule has 0 aliphatic carbocycles. The molecule has 88 valence electrons. The summed E-state index contributed by atoms with van der Waals surface area (Å²) in [5.41, 5.74) is 0. The number of carboxylic acid groups (broad SMARTS) is 1. The molecule has 0 fully saturated rings. The van der Waals surface area contributed by atoms with E-state index in [1.165, 1.54) is 0 Å². The van der Waals surface area contributed by atoms with Gasteiger partial charge in [0, 0.05) is 55.7 Å². The molecule has 0 aromatic heterocycles. The van der Waals surface area contributed by atoms with E-state index in [9.17, 15) is 0 Å². The van der Waals surface area contributed by atoms with Gasteiger partial charge in [0.05, 0.1) is 0 Å². The molecule has 0 radical (unpaired) electrons. The van der Waals surface area contributed by atoms with E-state index in [0.29, 0.717) is 0 Å². The van der Waals surface area contributed by atoms with Crippen molar-refractivity contribution >= 4 is 5.97 Å². The van der Waals surface area contributed by atoms with Gasteiger partial charge in [0.1, 0.15) is 0 Å². The molecular weight excluding hydrogens is 526 g/mol. The van der Waals surface area contributed by atoms with Gasteiger partial charge in [-0.05, 0) is 6.92 Å². The van der Waals surface area contributed by atoms with Gasteiger partial charge in [-0.1, -0.05) is 14.9 Å². The summed E-state index contributed by atoms with van der Waals surface area (Å²) in [6.45, 7) is 3.01. The van der Waals surface area contributed by atoms with Crippen LogP contribution in [0, 0.1) is 0 Å². The minimum atomic E-state index is -0.833. The van der Waals surface area contributed by atoms with Crippen LogP contribution >= 0.6 is 0 Å². The van der Waals surface area contributed by atoms with Gasteiger partial charge >= 0.3 is 0 Å². The van der Waals surface area contributed by atoms with Gasteiger partial charge in [-0.2, -0.15) is 0 Å². The molecule has 6 heteroatoms. The van der Waals surface area contributed by atoms with Crippen LogP contribution in [0.5, 0.6) is 0 Å². The zero-order valence-corrected chi connectivity index (χ0v) is 10.2. The Morgan fingerprint density at radius 2 is 1.25 bits per heavy atom. The Morgan fingerprint density at radius 1 is 1.25 bits per heavy atom. The Bertz CT molecular complexity index is 48.8. The van der Waals surface area contributed by atoms with Crippen LogP contribution in [-0.2, 0) is 46.9 Å². The van der Waals surface area contributed by atoms with Crippen LogP contribution in [0.3, 0.4) is 0 Å². The van der Waals surface area contributed by atoms with Crippen molar-refractivity contribution in [3.8, 4) is 0 Å². The largest absolute Gasteiger partial charge is 0.481 e. The van der Waals surface area contributed by atoms with E-state index in [4.69, 9.17) is 15.0 Å². The van der Waals surface area contributed by atoms with Gasteiger partial charge in [0.15, 0.2) is 0 Å². The number of rotatable bonds is 0. The number of aliphatic hydroxyl groups excluding tert-OH is 1. The molecule has 0 bridgehead atoms. The second-order valence-corrected chi connectivity index (χ2v) is 0.835. The maximum atomic E-state index is 9.00. The smallest absolute Gasteiger partial charge is 0.300 e. The summed E-state index contributed by atoms with van der Waals surface area (Å²) < 4.78 is 0. The summed E-state index contributed by atoms with van der Waals surface area (Å²) in [6.07, 6.45) is 0. The van der Waals surface area contributed by atoms with Crippen LogP contribution in [0.2, 0.25) is 0 Å². The summed E-state index contributed by atoms with van der Waals surface area (Å²) in [5, 5.41) is 15.0. The van der Waals surface area contributed by atoms with Crippen molar-refractivity contribution in [3.05, 3.63) is 0 Å². The molecule has 0 amide bonds. The molecule has 0 atom stereocenters. The van der Waals surface area contributed by atoms with E-state index < -0.39 is 5.97 Å². The Labute approximate surface area is 104 Å². The minimum absolute atomic E-state index is 0. The molecule has 0 aliphatic rings. The van der Waals surface area contributed by atoms with E-state index in [1.807, 2.05) is 0 Å². The normalized spacial score (nSPS) is 3.58. The second-order valence-electron chi connectivity index (χ2n) is 0.835. The number of carboxylic acids is 1. The third kappa shape index (κ3) is 1750. The molecule has 0 rings (SSSR count). The average molecular weight is 546 g/mol. The standard InChI is InChI=1S/C2H4O2.C2H6O.2CH4.H2O.2Pt/c1-2(3)4;1-2-3;;;;;/h1H3,(H,3,4);3H,2H2,1H3;2*1H4;1H2;;. The van der Waals surface area contributed by atoms with Gasteiger partial charge in [0.2, 0.25) is 0 Å². The molecule has 0 aromatic rings. The average Bonchev–Trinajstić information content (AvgIpc) is 1.33. The summed E-state index contributed by atoms with van der Waals surface area (Å²) in [6, 6.07) is 0. The molecule has 0 saturated carbocycles. The van der Waals surface area contributed by atoms with Crippen LogP contribution < -0.4 is 0 Å². The molecule has 0 spiro atoms. The van der Waals surface area contributed by atoms with Gasteiger partial charge < -0.3 is 15.7 Å². The number of hydrogen-bond donors (Lipinski definition) is 2. The van der Waals surface area contributed by atoms with Crippen molar-refractivity contribution in [3.63, 3.8) is 0 Å². The number of aliphatic carboxylic acids is 1. The number of carbonyl (C=O) groups is 1. The zero-order valence-electron chi connectivity index (χ0n) is 5.64. The van der Waals surface area contributed by atoms with Gasteiger partial charge in [0.25, 0.3) is 5.97 Å². The fraction of sp³-hybridized carbons (Fsp3) is 0.833. The monoisotopic (exact) mass is 546 g/mol. The first-order valence-electron chi connectivity index (χ1n) is 1.95. The van der Waals surface area contributed by atoms with Crippen molar-refractivity contribution in [1.29, 1.82) is 0 Å². The molecule has 4 nitrogen and oxygen atoms in total. The van der Waals surface area contributed by atoms with Crippen molar-refractivity contribution in [2.24, 2.45) is 0 Å². The van der Waals surface area contributed by atoms with E-state index in [1.54, 1.807) is 6.92 Å². The number of aliphatic hydroxyl groups is 1. The first-order chi connectivity index (χ1) is 3.15. The third-order valence-electron chi connectivity index (χ3n) is 0. The Hall–Kier alpha value is 0.767. The van der Waals surface area contributed by atoms with Gasteiger partial charge in [-0.15, -0.1) is 0 Å². The Morgan fingerprint density at radius 3 is 1.25 bits per heavy atom. The number of hydrogen-bond acceptors (Lipinski definition) is 2. The van der Waals surface area contributed by atoms with Crippen LogP contribution in [0.4, 0.5) is 0 Å². The van der Waals surface area contributed by atoms with E-state index in [-0.39, 0.29) is 69.1 Å². The van der Waals surface area contributed by atoms with Gasteiger partial charge in [-0.3, -0.25) is 4.79 Å². The van der Waals surface area contributed by atoms with Gasteiger partial charge in [-0.25, -0.2) is 0 Å². The molecule has 0 heterocycles. The zero-order chi connectivity index (χ0) is 6.28. The van der Waals surface area contributed by atoms with Crippen molar-refractivity contribution in [1.82, 2.24) is 0 Å². The summed E-state index contributed by atoms with van der Waals surface area (Å²) in [4.78, 5) is 9.00. The summed E-state index contributed by atoms with van der Waals surface area (Å²) in [7, 11) is 0. The molecule has 0 aromatic carbocycles. The molecule has 0 saturated heterocycles. The van der Waals surface area contributed by atoms with E-state index in [2.05, 4.69) is 0 Å². The third-order valence-corrected chi connectivity index (χ3v) is 0. The Kier molecular flexibility index (Phi) is 266. The van der Waals surface area contributed by atoms with E-state index >= 15 is 0 Å². The summed E-state index contributed by atoms with van der Waals surface area (Å²) >= 11 is 0. The van der Waals surface area contributed by atoms with E-state index in [0.717, 1.165) is 6.92 Å². The van der Waals surface area contributed by atoms with Crippen LogP contribution in [0.1, 0.15) is 28.7 Å². The maximum absolute atomic E-state index is 9.00. The molecule has 0 aliphatic heterocycles. The van der Waals surface area contributed by atoms with Crippen molar-refractivity contribution in [2.75, 3.05) is 6.61 Å². The van der Waals surface area contributed by atoms with Crippen LogP contribution in [0.25, 0.3) is 0 Å². The fourth-order valence-corrected chi connectivity index (χ4v) is 0. The molecule has 0 unspecified atom stereocenters. The molecule has 12 heavy (non-hydrogen) atoms. The topological polar surface area (TPSA) is 89.0 Å². The fourth-order valence-electron chi connectivity index (χ4n) is 0. The second kappa shape index (κ2) is 60.0. The maximum Gasteiger partial charge on any atom is 0.300 e. The van der Waals surface area contributed by atoms with Crippen molar-refractivity contribution < 1.29 is 62.6 Å². The first-order valence-corrected chi connectivity index (χ1v) is 1.95. The quantitative estimate of drug-likeness (QED) is 0.465. The summed E-state index contributed by atoms with van der Waals surface area (Å²) in [5.74, 6) is -0.833.